The third-order valence-electron chi connectivity index (χ3n) is 7.87. The number of benzene rings is 2. The molecule has 2 amide bonds. The maximum atomic E-state index is 15.3. The van der Waals surface area contributed by atoms with Crippen molar-refractivity contribution in [2.75, 3.05) is 19.0 Å². The molecule has 2 aromatic carbocycles. The summed E-state index contributed by atoms with van der Waals surface area (Å²) < 4.78 is 31.7. The summed E-state index contributed by atoms with van der Waals surface area (Å²) in [4.78, 5) is 28.8. The maximum absolute atomic E-state index is 15.3. The number of amides is 2. The summed E-state index contributed by atoms with van der Waals surface area (Å²) in [6.45, 7) is 6.17. The van der Waals surface area contributed by atoms with Crippen LogP contribution in [0, 0.1) is 11.7 Å². The average molecular weight is 579 g/mol. The second kappa shape index (κ2) is 12.5. The summed E-state index contributed by atoms with van der Waals surface area (Å²) in [6, 6.07) is 11.2. The third kappa shape index (κ3) is 7.28. The van der Waals surface area contributed by atoms with Gasteiger partial charge in [-0.15, -0.1) is 0 Å². The zero-order chi connectivity index (χ0) is 29.9. The molecule has 1 aliphatic carbocycles. The molecule has 0 bridgehead atoms. The van der Waals surface area contributed by atoms with Crippen LogP contribution in [0.1, 0.15) is 57.6 Å². The smallest absolute Gasteiger partial charge is 0.407 e. The van der Waals surface area contributed by atoms with E-state index in [1.54, 1.807) is 19.2 Å². The van der Waals surface area contributed by atoms with Gasteiger partial charge in [-0.25, -0.2) is 9.18 Å². The summed E-state index contributed by atoms with van der Waals surface area (Å²) >= 11 is 0. The van der Waals surface area contributed by atoms with E-state index in [0.29, 0.717) is 52.7 Å². The lowest BCUT2D eigenvalue weighted by atomic mass is 9.79. The molecule has 0 radical (unpaired) electrons. The van der Waals surface area contributed by atoms with Gasteiger partial charge in [-0.2, -0.15) is 0 Å². The lowest BCUT2D eigenvalue weighted by molar-refractivity contribution is -0.118. The molecular weight excluding hydrogens is 539 g/mol. The standard InChI is InChI=1S/C32H39FN4O5/c1-32(2,3)42-31(39)37-27(15-23-24-14-22(40-4)10-11-26(24)35-17-25(23)33)20-6-8-21(9-7-20)34-16-19-5-12-29-28(13-19)36-30(38)18-41-29/h5,10-14,17,20-21,27,34H,6-9,15-16,18H2,1-4H3,(H,36,38)(H,37,39)/t20-,21-,27?. The van der Waals surface area contributed by atoms with Crippen LogP contribution in [-0.4, -0.2) is 48.4 Å². The molecule has 1 fully saturated rings. The number of ether oxygens (including phenoxy) is 3. The summed E-state index contributed by atoms with van der Waals surface area (Å²) in [6.07, 6.45) is 4.59. The number of methoxy groups -OCH3 is 1. The fourth-order valence-electron chi connectivity index (χ4n) is 5.78. The number of hydrogen-bond donors (Lipinski definition) is 3. The second-order valence-corrected chi connectivity index (χ2v) is 12.1. The maximum Gasteiger partial charge on any atom is 0.407 e. The van der Waals surface area contributed by atoms with Crippen molar-refractivity contribution in [3.63, 3.8) is 0 Å². The first-order valence-corrected chi connectivity index (χ1v) is 14.5. The van der Waals surface area contributed by atoms with E-state index < -0.39 is 17.5 Å². The van der Waals surface area contributed by atoms with E-state index in [1.807, 2.05) is 45.0 Å². The Balaban J connectivity index is 1.27. The van der Waals surface area contributed by atoms with Gasteiger partial charge in [0.2, 0.25) is 0 Å². The largest absolute Gasteiger partial charge is 0.497 e. The van der Waals surface area contributed by atoms with Gasteiger partial charge in [-0.05, 0) is 94.7 Å². The van der Waals surface area contributed by atoms with Crippen LogP contribution in [0.5, 0.6) is 11.5 Å². The highest BCUT2D eigenvalue weighted by Crippen LogP contribution is 2.33. The Bertz CT molecular complexity index is 1450. The number of nitrogens with one attached hydrogen (secondary N) is 3. The van der Waals surface area contributed by atoms with Crippen molar-refractivity contribution in [2.24, 2.45) is 5.92 Å². The number of carbonyl (C=O) groups is 2. The Labute approximate surface area is 245 Å². The Kier molecular flexibility index (Phi) is 8.82. The minimum atomic E-state index is -0.649. The molecule has 1 aliphatic heterocycles. The van der Waals surface area contributed by atoms with Gasteiger partial charge in [-0.1, -0.05) is 6.07 Å². The number of halogens is 1. The van der Waals surface area contributed by atoms with E-state index in [-0.39, 0.29) is 24.5 Å². The number of fused-ring (bicyclic) bond motifs is 2. The molecule has 10 heteroatoms. The second-order valence-electron chi connectivity index (χ2n) is 12.1. The summed E-state index contributed by atoms with van der Waals surface area (Å²) in [7, 11) is 1.57. The molecule has 1 atom stereocenters. The van der Waals surface area contributed by atoms with Gasteiger partial charge in [0.05, 0.1) is 24.5 Å². The number of hydrogen-bond acceptors (Lipinski definition) is 7. The third-order valence-corrected chi connectivity index (χ3v) is 7.87. The molecule has 0 saturated heterocycles. The van der Waals surface area contributed by atoms with Crippen molar-refractivity contribution >= 4 is 28.6 Å². The number of rotatable bonds is 8. The molecule has 3 N–H and O–H groups in total. The average Bonchev–Trinajstić information content (AvgIpc) is 2.95. The molecule has 1 aromatic heterocycles. The Morgan fingerprint density at radius 2 is 1.95 bits per heavy atom. The molecular formula is C32H39FN4O5. The molecule has 2 aliphatic rings. The molecule has 0 spiro atoms. The first kappa shape index (κ1) is 29.6. The number of anilines is 1. The Morgan fingerprint density at radius 3 is 2.69 bits per heavy atom. The molecule has 42 heavy (non-hydrogen) atoms. The van der Waals surface area contributed by atoms with Gasteiger partial charge in [0.15, 0.2) is 6.61 Å². The number of alkyl carbamates (subject to hydrolysis) is 1. The van der Waals surface area contributed by atoms with Gasteiger partial charge in [-0.3, -0.25) is 9.78 Å². The predicted molar refractivity (Wildman–Crippen MR) is 158 cm³/mol. The molecule has 1 saturated carbocycles. The number of pyridine rings is 1. The minimum Gasteiger partial charge on any atom is -0.497 e. The highest BCUT2D eigenvalue weighted by Gasteiger charge is 2.31. The van der Waals surface area contributed by atoms with Crippen LogP contribution in [0.3, 0.4) is 0 Å². The fraction of sp³-hybridized carbons (Fsp3) is 0.469. The van der Waals surface area contributed by atoms with E-state index >= 15 is 4.39 Å². The van der Waals surface area contributed by atoms with Crippen molar-refractivity contribution in [1.82, 2.24) is 15.6 Å². The van der Waals surface area contributed by atoms with Gasteiger partial charge in [0, 0.05) is 29.6 Å². The molecule has 9 nitrogen and oxygen atoms in total. The zero-order valence-electron chi connectivity index (χ0n) is 24.6. The molecule has 3 aromatic rings. The first-order valence-electron chi connectivity index (χ1n) is 14.5. The normalized spacial score (nSPS) is 19.3. The fourth-order valence-corrected chi connectivity index (χ4v) is 5.78. The van der Waals surface area contributed by atoms with E-state index in [1.165, 1.54) is 6.20 Å². The van der Waals surface area contributed by atoms with Crippen LogP contribution in [0.4, 0.5) is 14.9 Å². The Hall–Kier alpha value is -3.92. The highest BCUT2D eigenvalue weighted by molar-refractivity contribution is 5.95. The van der Waals surface area contributed by atoms with Gasteiger partial charge in [0.1, 0.15) is 22.9 Å². The minimum absolute atomic E-state index is 0.0375. The predicted octanol–water partition coefficient (Wildman–Crippen LogP) is 5.50. The highest BCUT2D eigenvalue weighted by atomic mass is 19.1. The van der Waals surface area contributed by atoms with Crippen LogP contribution >= 0.6 is 0 Å². The van der Waals surface area contributed by atoms with Crippen molar-refractivity contribution in [3.05, 3.63) is 59.5 Å². The van der Waals surface area contributed by atoms with E-state index in [0.717, 1.165) is 31.2 Å². The van der Waals surface area contributed by atoms with Crippen molar-refractivity contribution in [1.29, 1.82) is 0 Å². The summed E-state index contributed by atoms with van der Waals surface area (Å²) in [5.74, 6) is 0.875. The van der Waals surface area contributed by atoms with Crippen LogP contribution in [0.25, 0.3) is 10.9 Å². The van der Waals surface area contributed by atoms with Crippen molar-refractivity contribution < 1.29 is 28.2 Å². The monoisotopic (exact) mass is 578 g/mol. The summed E-state index contributed by atoms with van der Waals surface area (Å²) in [5, 5.41) is 10.2. The number of carbonyl (C=O) groups excluding carboxylic acids is 2. The molecule has 224 valence electrons. The lowest BCUT2D eigenvalue weighted by Gasteiger charge is -2.35. The number of aromatic nitrogens is 1. The topological polar surface area (TPSA) is 111 Å². The molecule has 2 heterocycles. The van der Waals surface area contributed by atoms with Crippen molar-refractivity contribution in [2.45, 2.75) is 77.1 Å². The first-order chi connectivity index (χ1) is 20.1. The Morgan fingerprint density at radius 1 is 1.17 bits per heavy atom. The van der Waals surface area contributed by atoms with E-state index in [2.05, 4.69) is 20.9 Å². The van der Waals surface area contributed by atoms with Crippen LogP contribution < -0.4 is 25.4 Å². The zero-order valence-corrected chi connectivity index (χ0v) is 24.6. The molecule has 5 rings (SSSR count). The SMILES string of the molecule is COc1ccc2ncc(F)c(CC(NC(=O)OC(C)(C)C)[C@H]3CC[C@H](NCc4ccc5c(c4)NC(=O)CO5)CC3)c2c1. The van der Waals surface area contributed by atoms with Crippen LogP contribution in [0.15, 0.2) is 42.6 Å². The molecule has 1 unspecified atom stereocenters. The quantitative estimate of drug-likeness (QED) is 0.324. The van der Waals surface area contributed by atoms with Crippen LogP contribution in [-0.2, 0) is 22.5 Å². The van der Waals surface area contributed by atoms with Crippen molar-refractivity contribution in [3.8, 4) is 11.5 Å². The van der Waals surface area contributed by atoms with Gasteiger partial charge in [0.25, 0.3) is 5.91 Å². The van der Waals surface area contributed by atoms with Gasteiger partial charge >= 0.3 is 6.09 Å². The number of nitrogens with zero attached hydrogens (tertiary/aromatic N) is 1. The van der Waals surface area contributed by atoms with E-state index in [4.69, 9.17) is 14.2 Å². The van der Waals surface area contributed by atoms with Gasteiger partial charge < -0.3 is 30.2 Å². The van der Waals surface area contributed by atoms with E-state index in [9.17, 15) is 9.59 Å². The summed E-state index contributed by atoms with van der Waals surface area (Å²) in [5.41, 5.74) is 2.28. The van der Waals surface area contributed by atoms with Crippen LogP contribution in [0.2, 0.25) is 0 Å². The lowest BCUT2D eigenvalue weighted by Crippen LogP contribution is -2.46.